The molecule has 0 aliphatic rings. The highest BCUT2D eigenvalue weighted by atomic mass is 16.3. The minimum atomic E-state index is 0.925. The van der Waals surface area contributed by atoms with Gasteiger partial charge in [-0.05, 0) is 28.8 Å². The van der Waals surface area contributed by atoms with Gasteiger partial charge < -0.3 is 4.42 Å². The van der Waals surface area contributed by atoms with Gasteiger partial charge in [0.1, 0.15) is 5.58 Å². The SMILES string of the molecule is c1ccc(-c2ccc3occ(-c4ccccc4)c3c2)cc1. The summed E-state index contributed by atoms with van der Waals surface area (Å²) in [5, 5.41) is 1.16. The summed E-state index contributed by atoms with van der Waals surface area (Å²) in [4.78, 5) is 0. The van der Waals surface area contributed by atoms with Crippen LogP contribution in [0.4, 0.5) is 0 Å². The molecule has 21 heavy (non-hydrogen) atoms. The molecular formula is C20H14O. The molecule has 4 aromatic rings. The lowest BCUT2D eigenvalue weighted by Gasteiger charge is -2.03. The maximum atomic E-state index is 5.69. The van der Waals surface area contributed by atoms with E-state index in [4.69, 9.17) is 4.42 Å². The first-order valence-corrected chi connectivity index (χ1v) is 7.04. The molecule has 100 valence electrons. The van der Waals surface area contributed by atoms with Crippen molar-refractivity contribution >= 4 is 11.0 Å². The third-order valence-electron chi connectivity index (χ3n) is 3.77. The molecular weight excluding hydrogens is 256 g/mol. The quantitative estimate of drug-likeness (QED) is 0.451. The molecule has 1 heteroatoms. The van der Waals surface area contributed by atoms with Gasteiger partial charge in [0.15, 0.2) is 0 Å². The molecule has 0 atom stereocenters. The lowest BCUT2D eigenvalue weighted by atomic mass is 10.00. The van der Waals surface area contributed by atoms with Crippen LogP contribution < -0.4 is 0 Å². The minimum Gasteiger partial charge on any atom is -0.464 e. The summed E-state index contributed by atoms with van der Waals surface area (Å²) in [6.07, 6.45) is 1.84. The predicted octanol–water partition coefficient (Wildman–Crippen LogP) is 5.77. The van der Waals surface area contributed by atoms with Crippen LogP contribution in [0.1, 0.15) is 0 Å². The van der Waals surface area contributed by atoms with Crippen LogP contribution >= 0.6 is 0 Å². The van der Waals surface area contributed by atoms with Crippen LogP contribution in [-0.2, 0) is 0 Å². The molecule has 0 saturated heterocycles. The smallest absolute Gasteiger partial charge is 0.134 e. The molecule has 0 radical (unpaired) electrons. The van der Waals surface area contributed by atoms with Crippen molar-refractivity contribution in [2.45, 2.75) is 0 Å². The first-order valence-electron chi connectivity index (χ1n) is 7.04. The summed E-state index contributed by atoms with van der Waals surface area (Å²) in [5.74, 6) is 0. The van der Waals surface area contributed by atoms with Crippen molar-refractivity contribution < 1.29 is 4.42 Å². The summed E-state index contributed by atoms with van der Waals surface area (Å²) in [7, 11) is 0. The van der Waals surface area contributed by atoms with Crippen molar-refractivity contribution in [2.75, 3.05) is 0 Å². The van der Waals surface area contributed by atoms with Crippen LogP contribution in [0.2, 0.25) is 0 Å². The van der Waals surface area contributed by atoms with Crippen molar-refractivity contribution in [1.82, 2.24) is 0 Å². The Morgan fingerprint density at radius 1 is 0.571 bits per heavy atom. The van der Waals surface area contributed by atoms with Gasteiger partial charge in [-0.15, -0.1) is 0 Å². The lowest BCUT2D eigenvalue weighted by molar-refractivity contribution is 0.617. The zero-order valence-corrected chi connectivity index (χ0v) is 11.5. The number of hydrogen-bond donors (Lipinski definition) is 0. The molecule has 1 heterocycles. The van der Waals surface area contributed by atoms with E-state index in [0.29, 0.717) is 0 Å². The van der Waals surface area contributed by atoms with Crippen molar-refractivity contribution in [3.05, 3.63) is 85.1 Å². The van der Waals surface area contributed by atoms with Crippen LogP contribution in [-0.4, -0.2) is 0 Å². The van der Waals surface area contributed by atoms with Gasteiger partial charge in [-0.3, -0.25) is 0 Å². The van der Waals surface area contributed by atoms with E-state index in [-0.39, 0.29) is 0 Å². The number of hydrogen-bond acceptors (Lipinski definition) is 1. The molecule has 1 nitrogen and oxygen atoms in total. The standard InChI is InChI=1S/C20H14O/c1-3-7-15(8-4-1)17-11-12-20-18(13-17)19(14-21-20)16-9-5-2-6-10-16/h1-14H. The molecule has 3 aromatic carbocycles. The molecule has 0 aliphatic heterocycles. The van der Waals surface area contributed by atoms with Crippen LogP contribution in [0.25, 0.3) is 33.2 Å². The van der Waals surface area contributed by atoms with Crippen molar-refractivity contribution in [3.8, 4) is 22.3 Å². The molecule has 0 saturated carbocycles. The van der Waals surface area contributed by atoms with Gasteiger partial charge in [0.2, 0.25) is 0 Å². The fourth-order valence-electron chi connectivity index (χ4n) is 2.68. The summed E-state index contributed by atoms with van der Waals surface area (Å²) < 4.78 is 5.69. The highest BCUT2D eigenvalue weighted by Gasteiger charge is 2.09. The first-order chi connectivity index (χ1) is 10.4. The molecule has 4 rings (SSSR count). The molecule has 0 aliphatic carbocycles. The zero-order chi connectivity index (χ0) is 14.1. The highest BCUT2D eigenvalue weighted by Crippen LogP contribution is 2.33. The third kappa shape index (κ3) is 2.13. The Morgan fingerprint density at radius 2 is 1.24 bits per heavy atom. The first kappa shape index (κ1) is 12.0. The van der Waals surface area contributed by atoms with Gasteiger partial charge in [-0.1, -0.05) is 66.7 Å². The summed E-state index contributed by atoms with van der Waals surface area (Å²) in [6, 6.07) is 27.1. The van der Waals surface area contributed by atoms with Gasteiger partial charge in [-0.2, -0.15) is 0 Å². The Labute approximate surface area is 123 Å². The van der Waals surface area contributed by atoms with Gasteiger partial charge in [0.25, 0.3) is 0 Å². The third-order valence-corrected chi connectivity index (χ3v) is 3.77. The second-order valence-corrected chi connectivity index (χ2v) is 5.09. The van der Waals surface area contributed by atoms with E-state index >= 15 is 0 Å². The normalized spacial score (nSPS) is 10.9. The zero-order valence-electron chi connectivity index (χ0n) is 11.5. The van der Waals surface area contributed by atoms with E-state index in [0.717, 1.165) is 16.5 Å². The molecule has 0 N–H and O–H groups in total. The number of rotatable bonds is 2. The topological polar surface area (TPSA) is 13.1 Å². The maximum absolute atomic E-state index is 5.69. The van der Waals surface area contributed by atoms with E-state index in [9.17, 15) is 0 Å². The summed E-state index contributed by atoms with van der Waals surface area (Å²) in [6.45, 7) is 0. The Bertz CT molecular complexity index is 874. The van der Waals surface area contributed by atoms with Gasteiger partial charge in [-0.25, -0.2) is 0 Å². The van der Waals surface area contributed by atoms with E-state index in [2.05, 4.69) is 60.7 Å². The second kappa shape index (κ2) is 4.95. The number of benzene rings is 3. The van der Waals surface area contributed by atoms with Crippen LogP contribution in [0.15, 0.2) is 89.5 Å². The molecule has 0 spiro atoms. The monoisotopic (exact) mass is 270 g/mol. The van der Waals surface area contributed by atoms with Crippen molar-refractivity contribution in [3.63, 3.8) is 0 Å². The molecule has 1 aromatic heterocycles. The Morgan fingerprint density at radius 3 is 1.95 bits per heavy atom. The average molecular weight is 270 g/mol. The predicted molar refractivity (Wildman–Crippen MR) is 87.1 cm³/mol. The number of furan rings is 1. The van der Waals surface area contributed by atoms with E-state index in [1.807, 2.05) is 24.5 Å². The molecule has 0 fully saturated rings. The largest absolute Gasteiger partial charge is 0.464 e. The van der Waals surface area contributed by atoms with Crippen molar-refractivity contribution in [2.24, 2.45) is 0 Å². The van der Waals surface area contributed by atoms with Crippen LogP contribution in [0, 0.1) is 0 Å². The minimum absolute atomic E-state index is 0.925. The second-order valence-electron chi connectivity index (χ2n) is 5.09. The fraction of sp³-hybridized carbons (Fsp3) is 0. The van der Waals surface area contributed by atoms with Crippen LogP contribution in [0.3, 0.4) is 0 Å². The summed E-state index contributed by atoms with van der Waals surface area (Å²) in [5.41, 5.74) is 5.68. The average Bonchev–Trinajstić information content (AvgIpc) is 2.99. The van der Waals surface area contributed by atoms with Gasteiger partial charge in [0.05, 0.1) is 6.26 Å². The Balaban J connectivity index is 1.91. The lowest BCUT2D eigenvalue weighted by Crippen LogP contribution is -1.78. The van der Waals surface area contributed by atoms with Gasteiger partial charge in [0, 0.05) is 10.9 Å². The van der Waals surface area contributed by atoms with Crippen LogP contribution in [0.5, 0.6) is 0 Å². The Hall–Kier alpha value is -2.80. The van der Waals surface area contributed by atoms with E-state index < -0.39 is 0 Å². The maximum Gasteiger partial charge on any atom is 0.134 e. The Kier molecular flexibility index (Phi) is 2.82. The van der Waals surface area contributed by atoms with E-state index in [1.165, 1.54) is 16.7 Å². The summed E-state index contributed by atoms with van der Waals surface area (Å²) >= 11 is 0. The molecule has 0 amide bonds. The molecule has 0 bridgehead atoms. The molecule has 0 unspecified atom stereocenters. The fourth-order valence-corrected chi connectivity index (χ4v) is 2.68. The van der Waals surface area contributed by atoms with Gasteiger partial charge >= 0.3 is 0 Å². The highest BCUT2D eigenvalue weighted by molar-refractivity contribution is 5.96. The van der Waals surface area contributed by atoms with Crippen molar-refractivity contribution in [1.29, 1.82) is 0 Å². The van der Waals surface area contributed by atoms with E-state index in [1.54, 1.807) is 0 Å². The number of fused-ring (bicyclic) bond motifs is 1.